The van der Waals surface area contributed by atoms with E-state index in [2.05, 4.69) is 0 Å². The van der Waals surface area contributed by atoms with Crippen LogP contribution in [0.25, 0.3) is 6.20 Å². The minimum atomic E-state index is -4.69. The third-order valence-corrected chi connectivity index (χ3v) is 1.30. The van der Waals surface area contributed by atoms with Gasteiger partial charge in [0.05, 0.1) is 0 Å². The zero-order valence-electron chi connectivity index (χ0n) is 6.49. The van der Waals surface area contributed by atoms with E-state index >= 15 is 0 Å². The fraction of sp³-hybridized carbons (Fsp3) is 0.125. The van der Waals surface area contributed by atoms with Gasteiger partial charge in [-0.2, -0.15) is 17.7 Å². The monoisotopic (exact) mass is 190 g/mol. The molecule has 0 aliphatic rings. The van der Waals surface area contributed by atoms with Crippen LogP contribution in [-0.2, 0) is 0 Å². The molecule has 0 aromatic carbocycles. The van der Waals surface area contributed by atoms with Crippen LogP contribution in [0, 0.1) is 0 Å². The van der Waals surface area contributed by atoms with E-state index in [0.717, 1.165) is 4.57 Å². The van der Waals surface area contributed by atoms with Gasteiger partial charge in [-0.25, -0.2) is 0 Å². The summed E-state index contributed by atoms with van der Waals surface area (Å²) in [5.74, 6) is -1.62. The Bertz CT molecular complexity index is 305. The molecule has 13 heavy (non-hydrogen) atoms. The number of hydrogen-bond acceptors (Lipinski definition) is 1. The molecule has 0 aliphatic heterocycles. The molecule has 0 saturated carbocycles. The zero-order valence-corrected chi connectivity index (χ0v) is 6.49. The molecule has 0 saturated heterocycles. The molecule has 0 atom stereocenters. The number of pyridine rings is 1. The molecule has 0 fully saturated rings. The van der Waals surface area contributed by atoms with Gasteiger partial charge < -0.3 is 5.11 Å². The molecule has 0 unspecified atom stereocenters. The van der Waals surface area contributed by atoms with Crippen molar-refractivity contribution in [3.8, 4) is 0 Å². The Morgan fingerprint density at radius 2 is 1.69 bits per heavy atom. The number of allylic oxidation sites excluding steroid dienone is 1. The summed E-state index contributed by atoms with van der Waals surface area (Å²) in [6, 6.07) is 4.77. The molecule has 0 radical (unpaired) electrons. The van der Waals surface area contributed by atoms with E-state index < -0.39 is 11.9 Å². The van der Waals surface area contributed by atoms with Gasteiger partial charge in [-0.3, -0.25) is 0 Å². The number of aliphatic hydroxyl groups excluding tert-OH is 1. The molecule has 1 heterocycles. The summed E-state index contributed by atoms with van der Waals surface area (Å²) in [6.45, 7) is 0. The number of halogens is 3. The van der Waals surface area contributed by atoms with Crippen molar-refractivity contribution in [1.82, 2.24) is 0 Å². The number of rotatable bonds is 1. The molecule has 70 valence electrons. The second-order valence-corrected chi connectivity index (χ2v) is 2.33. The Morgan fingerprint density at radius 3 is 2.15 bits per heavy atom. The normalized spacial score (nSPS) is 13.0. The first kappa shape index (κ1) is 9.57. The highest BCUT2D eigenvalue weighted by Crippen LogP contribution is 2.22. The Hall–Kier alpha value is -1.52. The standard InChI is InChI=1S/C8H6F3NO/c9-8(10,11)7(13)6-12-4-2-1-3-5-12/h1-6H/p+1/b7-6-. The smallest absolute Gasteiger partial charge is 0.455 e. The highest BCUT2D eigenvalue weighted by molar-refractivity contribution is 5.16. The van der Waals surface area contributed by atoms with Crippen molar-refractivity contribution in [3.05, 3.63) is 36.4 Å². The largest absolute Gasteiger partial charge is 0.500 e. The highest BCUT2D eigenvalue weighted by Gasteiger charge is 2.36. The van der Waals surface area contributed by atoms with Gasteiger partial charge in [-0.1, -0.05) is 6.07 Å². The Kier molecular flexibility index (Phi) is 2.55. The highest BCUT2D eigenvalue weighted by atomic mass is 19.4. The minimum Gasteiger partial charge on any atom is -0.500 e. The van der Waals surface area contributed by atoms with Gasteiger partial charge in [-0.05, 0) is 0 Å². The van der Waals surface area contributed by atoms with E-state index in [1.54, 1.807) is 18.2 Å². The van der Waals surface area contributed by atoms with Crippen molar-refractivity contribution in [2.75, 3.05) is 0 Å². The first-order valence-electron chi connectivity index (χ1n) is 3.44. The molecule has 1 aromatic heterocycles. The predicted octanol–water partition coefficient (Wildman–Crippen LogP) is 1.89. The first-order chi connectivity index (χ1) is 6.00. The number of hydrogen-bond donors (Lipinski definition) is 1. The summed E-state index contributed by atoms with van der Waals surface area (Å²) in [4.78, 5) is 0. The molecular formula is C8H7F3NO+. The number of aromatic nitrogens is 1. The number of alkyl halides is 3. The van der Waals surface area contributed by atoms with Crippen LogP contribution in [0.4, 0.5) is 13.2 Å². The maximum atomic E-state index is 11.8. The average Bonchev–Trinajstić information content (AvgIpc) is 2.04. The lowest BCUT2D eigenvalue weighted by Gasteiger charge is -2.00. The van der Waals surface area contributed by atoms with Gasteiger partial charge >= 0.3 is 6.18 Å². The SMILES string of the molecule is O/C(=C\[n+]1ccccc1)C(F)(F)F. The van der Waals surface area contributed by atoms with Crippen molar-refractivity contribution in [1.29, 1.82) is 0 Å². The molecule has 0 bridgehead atoms. The van der Waals surface area contributed by atoms with Gasteiger partial charge in [0.2, 0.25) is 6.20 Å². The van der Waals surface area contributed by atoms with Crippen molar-refractivity contribution < 1.29 is 22.8 Å². The third-order valence-electron chi connectivity index (χ3n) is 1.30. The van der Waals surface area contributed by atoms with Crippen molar-refractivity contribution in [3.63, 3.8) is 0 Å². The molecule has 0 amide bonds. The topological polar surface area (TPSA) is 24.1 Å². The van der Waals surface area contributed by atoms with E-state index in [-0.39, 0.29) is 0 Å². The fourth-order valence-corrected chi connectivity index (χ4v) is 0.712. The van der Waals surface area contributed by atoms with Crippen LogP contribution in [0.15, 0.2) is 36.4 Å². The fourth-order valence-electron chi connectivity index (χ4n) is 0.712. The summed E-state index contributed by atoms with van der Waals surface area (Å²) in [5.41, 5.74) is 0. The van der Waals surface area contributed by atoms with Gasteiger partial charge in [0.15, 0.2) is 12.4 Å². The van der Waals surface area contributed by atoms with E-state index in [4.69, 9.17) is 5.11 Å². The molecule has 0 aliphatic carbocycles. The lowest BCUT2D eigenvalue weighted by Crippen LogP contribution is -2.27. The first-order valence-corrected chi connectivity index (χ1v) is 3.44. The summed E-state index contributed by atoms with van der Waals surface area (Å²) in [6.07, 6.45) is -1.31. The second-order valence-electron chi connectivity index (χ2n) is 2.33. The van der Waals surface area contributed by atoms with Crippen molar-refractivity contribution in [2.45, 2.75) is 6.18 Å². The van der Waals surface area contributed by atoms with Crippen LogP contribution in [0.2, 0.25) is 0 Å². The lowest BCUT2D eigenvalue weighted by molar-refractivity contribution is -0.570. The van der Waals surface area contributed by atoms with Gasteiger partial charge in [0, 0.05) is 12.1 Å². The molecule has 1 aromatic rings. The molecule has 1 N–H and O–H groups in total. The van der Waals surface area contributed by atoms with Gasteiger partial charge in [0.1, 0.15) is 0 Å². The molecule has 2 nitrogen and oxygen atoms in total. The minimum absolute atomic E-state index is 0.597. The van der Waals surface area contributed by atoms with Crippen LogP contribution >= 0.6 is 0 Å². The molecule has 1 rings (SSSR count). The Balaban J connectivity index is 2.90. The lowest BCUT2D eigenvalue weighted by atomic mass is 10.4. The number of nitrogens with zero attached hydrogens (tertiary/aromatic N) is 1. The number of aliphatic hydroxyl groups is 1. The zero-order chi connectivity index (χ0) is 9.90. The molecular weight excluding hydrogens is 183 g/mol. The molecule has 0 spiro atoms. The quantitative estimate of drug-likeness (QED) is 0.530. The van der Waals surface area contributed by atoms with Gasteiger partial charge in [-0.15, -0.1) is 0 Å². The summed E-state index contributed by atoms with van der Waals surface area (Å²) >= 11 is 0. The van der Waals surface area contributed by atoms with Crippen LogP contribution in [-0.4, -0.2) is 11.3 Å². The second kappa shape index (κ2) is 3.47. The van der Waals surface area contributed by atoms with Crippen LogP contribution in [0.3, 0.4) is 0 Å². The maximum Gasteiger partial charge on any atom is 0.455 e. The van der Waals surface area contributed by atoms with Crippen LogP contribution in [0.5, 0.6) is 0 Å². The van der Waals surface area contributed by atoms with Crippen LogP contribution in [0.1, 0.15) is 0 Å². The third kappa shape index (κ3) is 2.77. The van der Waals surface area contributed by atoms with E-state index in [1.165, 1.54) is 12.4 Å². The summed E-state index contributed by atoms with van der Waals surface area (Å²) in [7, 11) is 0. The predicted molar refractivity (Wildman–Crippen MR) is 39.6 cm³/mol. The summed E-state index contributed by atoms with van der Waals surface area (Å²) < 4.78 is 36.5. The van der Waals surface area contributed by atoms with E-state index in [9.17, 15) is 13.2 Å². The van der Waals surface area contributed by atoms with Crippen molar-refractivity contribution in [2.24, 2.45) is 0 Å². The Morgan fingerprint density at radius 1 is 1.15 bits per heavy atom. The average molecular weight is 190 g/mol. The van der Waals surface area contributed by atoms with Crippen LogP contribution < -0.4 is 4.57 Å². The van der Waals surface area contributed by atoms with E-state index in [0.29, 0.717) is 6.20 Å². The van der Waals surface area contributed by atoms with E-state index in [1.807, 2.05) is 0 Å². The van der Waals surface area contributed by atoms with Crippen molar-refractivity contribution >= 4 is 6.20 Å². The molecule has 5 heteroatoms. The van der Waals surface area contributed by atoms with Gasteiger partial charge in [0.25, 0.3) is 5.76 Å². The Labute approximate surface area is 72.6 Å². The maximum absolute atomic E-state index is 11.8. The summed E-state index contributed by atoms with van der Waals surface area (Å²) in [5, 5.41) is 8.55.